The molecule has 0 amide bonds. The fourth-order valence-electron chi connectivity index (χ4n) is 5.77. The van der Waals surface area contributed by atoms with Crippen molar-refractivity contribution in [2.45, 2.75) is 65.7 Å². The van der Waals surface area contributed by atoms with Crippen molar-refractivity contribution in [3.63, 3.8) is 0 Å². The second-order valence-corrected chi connectivity index (χ2v) is 10.3. The first kappa shape index (κ1) is 16.5. The van der Waals surface area contributed by atoms with Gasteiger partial charge in [-0.2, -0.15) is 0 Å². The van der Waals surface area contributed by atoms with E-state index in [1.54, 1.807) is 0 Å². The van der Waals surface area contributed by atoms with Crippen LogP contribution in [0.15, 0.2) is 30.6 Å². The number of pyridine rings is 2. The van der Waals surface area contributed by atoms with E-state index in [9.17, 15) is 0 Å². The molecule has 2 saturated carbocycles. The molecule has 2 heteroatoms. The Morgan fingerprint density at radius 3 is 2.27 bits per heavy atom. The lowest BCUT2D eigenvalue weighted by molar-refractivity contribution is 0.0183. The average molecular weight is 347 g/mol. The summed E-state index contributed by atoms with van der Waals surface area (Å²) in [5, 5.41) is 0. The van der Waals surface area contributed by atoms with Crippen LogP contribution in [-0.4, -0.2) is 9.97 Å². The van der Waals surface area contributed by atoms with Gasteiger partial charge in [-0.15, -0.1) is 0 Å². The van der Waals surface area contributed by atoms with Gasteiger partial charge in [-0.05, 0) is 82.6 Å². The number of rotatable bonds is 2. The van der Waals surface area contributed by atoms with Crippen LogP contribution in [0.1, 0.15) is 76.0 Å². The van der Waals surface area contributed by atoms with Crippen molar-refractivity contribution >= 4 is 0 Å². The Balaban J connectivity index is 1.42. The molecule has 2 heterocycles. The lowest BCUT2D eigenvalue weighted by atomic mass is 9.47. The molecule has 136 valence electrons. The number of aromatic nitrogens is 2. The molecule has 0 radical (unpaired) electrons. The van der Waals surface area contributed by atoms with E-state index in [1.165, 1.54) is 36.0 Å². The highest BCUT2D eigenvalue weighted by Gasteiger charge is 2.52. The van der Waals surface area contributed by atoms with Crippen LogP contribution >= 0.6 is 0 Å². The molecule has 0 N–H and O–H groups in total. The van der Waals surface area contributed by atoms with Gasteiger partial charge >= 0.3 is 0 Å². The lowest BCUT2D eigenvalue weighted by Gasteiger charge is -2.57. The Morgan fingerprint density at radius 2 is 1.65 bits per heavy atom. The Hall–Kier alpha value is -1.70. The molecule has 4 aliphatic carbocycles. The van der Waals surface area contributed by atoms with E-state index in [0.29, 0.717) is 22.7 Å². The van der Waals surface area contributed by atoms with E-state index in [0.717, 1.165) is 23.2 Å². The van der Waals surface area contributed by atoms with Gasteiger partial charge < -0.3 is 0 Å². The summed E-state index contributed by atoms with van der Waals surface area (Å²) in [6, 6.07) is 6.76. The number of hydrogen-bond donors (Lipinski definition) is 0. The first-order valence-electron chi connectivity index (χ1n) is 10.2. The van der Waals surface area contributed by atoms with Gasteiger partial charge in [0.2, 0.25) is 0 Å². The van der Waals surface area contributed by atoms with Gasteiger partial charge in [0.1, 0.15) is 0 Å². The van der Waals surface area contributed by atoms with Gasteiger partial charge in [-0.1, -0.05) is 40.7 Å². The summed E-state index contributed by atoms with van der Waals surface area (Å²) in [7, 11) is 0. The highest BCUT2D eigenvalue weighted by molar-refractivity contribution is 5.57. The lowest BCUT2D eigenvalue weighted by Crippen LogP contribution is -2.48. The SMILES string of the molecule is CC1C[C@@H](c2ccc(-c3cc4c(cn3)[C@@H]3CC(C4)C3(C)C)nc2)C1(C)C. The first-order chi connectivity index (χ1) is 12.3. The first-order valence-corrected chi connectivity index (χ1v) is 10.2. The highest BCUT2D eigenvalue weighted by Crippen LogP contribution is 2.62. The summed E-state index contributed by atoms with van der Waals surface area (Å²) in [5.41, 5.74) is 7.29. The molecule has 2 fully saturated rings. The van der Waals surface area contributed by atoms with E-state index in [-0.39, 0.29) is 0 Å². The molecule has 0 saturated heterocycles. The van der Waals surface area contributed by atoms with Gasteiger partial charge in [0.05, 0.1) is 11.4 Å². The van der Waals surface area contributed by atoms with Gasteiger partial charge in [-0.25, -0.2) is 0 Å². The van der Waals surface area contributed by atoms with Crippen molar-refractivity contribution in [3.05, 3.63) is 47.3 Å². The highest BCUT2D eigenvalue weighted by atomic mass is 14.8. The molecule has 0 spiro atoms. The minimum Gasteiger partial charge on any atom is -0.254 e. The molecule has 2 unspecified atom stereocenters. The van der Waals surface area contributed by atoms with Gasteiger partial charge in [0.15, 0.2) is 0 Å². The van der Waals surface area contributed by atoms with E-state index < -0.39 is 0 Å². The van der Waals surface area contributed by atoms with Crippen molar-refractivity contribution in [2.24, 2.45) is 22.7 Å². The fourth-order valence-corrected chi connectivity index (χ4v) is 5.77. The molecule has 4 aliphatic rings. The Labute approximate surface area is 157 Å². The predicted octanol–water partition coefficient (Wildman–Crippen LogP) is 5.98. The minimum absolute atomic E-state index is 0.390. The molecule has 4 atom stereocenters. The third kappa shape index (κ3) is 2.11. The van der Waals surface area contributed by atoms with E-state index in [1.807, 2.05) is 0 Å². The largest absolute Gasteiger partial charge is 0.254 e. The van der Waals surface area contributed by atoms with Gasteiger partial charge in [0, 0.05) is 12.4 Å². The summed E-state index contributed by atoms with van der Waals surface area (Å²) in [6.45, 7) is 12.0. The number of hydrogen-bond acceptors (Lipinski definition) is 2. The molecule has 6 rings (SSSR count). The maximum absolute atomic E-state index is 4.79. The zero-order chi connectivity index (χ0) is 18.3. The van der Waals surface area contributed by atoms with Crippen LogP contribution in [0.4, 0.5) is 0 Å². The molecular weight excluding hydrogens is 316 g/mol. The third-order valence-corrected chi connectivity index (χ3v) is 8.55. The van der Waals surface area contributed by atoms with Crippen molar-refractivity contribution in [1.82, 2.24) is 9.97 Å². The van der Waals surface area contributed by atoms with Crippen LogP contribution in [0.3, 0.4) is 0 Å². The molecule has 0 aliphatic heterocycles. The second-order valence-electron chi connectivity index (χ2n) is 10.3. The van der Waals surface area contributed by atoms with E-state index in [2.05, 4.69) is 65.2 Å². The van der Waals surface area contributed by atoms with Crippen LogP contribution < -0.4 is 0 Å². The van der Waals surface area contributed by atoms with E-state index >= 15 is 0 Å². The molecule has 0 aromatic carbocycles. The normalized spacial score (nSPS) is 33.0. The van der Waals surface area contributed by atoms with Crippen LogP contribution in [-0.2, 0) is 6.42 Å². The zero-order valence-corrected chi connectivity index (χ0v) is 16.7. The molecule has 2 aromatic rings. The zero-order valence-electron chi connectivity index (χ0n) is 16.7. The van der Waals surface area contributed by atoms with Crippen LogP contribution in [0.5, 0.6) is 0 Å². The molecule has 26 heavy (non-hydrogen) atoms. The summed E-state index contributed by atoms with van der Waals surface area (Å²) < 4.78 is 0. The third-order valence-electron chi connectivity index (χ3n) is 8.55. The predicted molar refractivity (Wildman–Crippen MR) is 106 cm³/mol. The van der Waals surface area contributed by atoms with Gasteiger partial charge in [0.25, 0.3) is 0 Å². The Morgan fingerprint density at radius 1 is 0.885 bits per heavy atom. The van der Waals surface area contributed by atoms with Crippen molar-refractivity contribution in [1.29, 1.82) is 0 Å². The smallest absolute Gasteiger partial charge is 0.0889 e. The van der Waals surface area contributed by atoms with Crippen LogP contribution in [0.2, 0.25) is 0 Å². The average Bonchev–Trinajstić information content (AvgIpc) is 2.65. The monoisotopic (exact) mass is 346 g/mol. The fraction of sp³-hybridized carbons (Fsp3) is 0.583. The number of nitrogens with zero attached hydrogens (tertiary/aromatic N) is 2. The molecule has 2 nitrogen and oxygen atoms in total. The summed E-state index contributed by atoms with van der Waals surface area (Å²) >= 11 is 0. The van der Waals surface area contributed by atoms with Gasteiger partial charge in [-0.3, -0.25) is 9.97 Å². The minimum atomic E-state index is 0.390. The maximum atomic E-state index is 4.79. The van der Waals surface area contributed by atoms with Crippen molar-refractivity contribution in [2.75, 3.05) is 0 Å². The van der Waals surface area contributed by atoms with E-state index in [4.69, 9.17) is 9.97 Å². The summed E-state index contributed by atoms with van der Waals surface area (Å²) in [5.74, 6) is 2.99. The Kier molecular flexibility index (Phi) is 3.28. The molecule has 2 bridgehead atoms. The molecular formula is C24H30N2. The summed E-state index contributed by atoms with van der Waals surface area (Å²) in [4.78, 5) is 9.58. The quantitative estimate of drug-likeness (QED) is 0.668. The maximum Gasteiger partial charge on any atom is 0.0889 e. The van der Waals surface area contributed by atoms with Crippen molar-refractivity contribution < 1.29 is 0 Å². The second kappa shape index (κ2) is 5.18. The summed E-state index contributed by atoms with van der Waals surface area (Å²) in [6.07, 6.45) is 8.07. The standard InChI is InChI=1S/C24H30N2/c1-14-8-19(23(14,2)3)15-6-7-21(25-12-15)22-10-16-9-17-11-20(24(17,4)5)18(16)13-26-22/h6-7,10,12-14,17,19-20H,8-9,11H2,1-5H3/t14?,17?,19-,20-/m0/s1. The topological polar surface area (TPSA) is 25.8 Å². The van der Waals surface area contributed by atoms with Crippen LogP contribution in [0, 0.1) is 22.7 Å². The Bertz CT molecular complexity index is 862. The van der Waals surface area contributed by atoms with Crippen LogP contribution in [0.25, 0.3) is 11.4 Å². The molecule has 2 aromatic heterocycles. The van der Waals surface area contributed by atoms with Crippen molar-refractivity contribution in [3.8, 4) is 11.4 Å².